The molecule has 8 nitrogen and oxygen atoms in total. The van der Waals surface area contributed by atoms with Gasteiger partial charge in [0.25, 0.3) is 0 Å². The highest BCUT2D eigenvalue weighted by Gasteiger charge is 2.07. The molecule has 3 N–H and O–H groups in total. The van der Waals surface area contributed by atoms with Crippen LogP contribution < -0.4 is 16.0 Å². The Bertz CT molecular complexity index is 507. The van der Waals surface area contributed by atoms with Gasteiger partial charge in [0.05, 0.1) is 20.6 Å². The van der Waals surface area contributed by atoms with E-state index in [4.69, 9.17) is 0 Å². The van der Waals surface area contributed by atoms with Crippen molar-refractivity contribution < 1.29 is 19.0 Å². The summed E-state index contributed by atoms with van der Waals surface area (Å²) in [6.07, 6.45) is 12.9. The van der Waals surface area contributed by atoms with Gasteiger partial charge >= 0.3 is 0 Å². The van der Waals surface area contributed by atoms with Crippen molar-refractivity contribution in [3.05, 3.63) is 5.21 Å². The van der Waals surface area contributed by atoms with Crippen LogP contribution in [-0.4, -0.2) is 62.6 Å². The summed E-state index contributed by atoms with van der Waals surface area (Å²) in [5.74, 6) is -0.275. The van der Waals surface area contributed by atoms with Crippen LogP contribution in [0.1, 0.15) is 96.8 Å². The molecule has 0 rings (SSSR count). The number of hydroxylamine groups is 3. The summed E-state index contributed by atoms with van der Waals surface area (Å²) in [4.78, 5) is 35.4. The van der Waals surface area contributed by atoms with Crippen LogP contribution in [0.15, 0.2) is 0 Å². The van der Waals surface area contributed by atoms with Crippen LogP contribution in [0.2, 0.25) is 0 Å². The number of carbonyl (C=O) groups excluding carboxylic acids is 3. The van der Waals surface area contributed by atoms with Gasteiger partial charge in [0.2, 0.25) is 17.7 Å². The number of rotatable bonds is 21. The van der Waals surface area contributed by atoms with Crippen molar-refractivity contribution in [2.24, 2.45) is 0 Å². The van der Waals surface area contributed by atoms with Crippen LogP contribution in [0, 0.1) is 5.21 Å². The van der Waals surface area contributed by atoms with E-state index in [1.54, 1.807) is 14.1 Å². The minimum Gasteiger partial charge on any atom is -0.633 e. The molecule has 0 aliphatic heterocycles. The first-order valence-electron chi connectivity index (χ1n) is 12.6. The molecule has 8 heteroatoms. The Morgan fingerprint density at radius 1 is 0.594 bits per heavy atom. The predicted octanol–water partition coefficient (Wildman–Crippen LogP) is 3.39. The number of quaternary nitrogens is 1. The molecule has 0 saturated carbocycles. The summed E-state index contributed by atoms with van der Waals surface area (Å²) < 4.78 is -0.259. The van der Waals surface area contributed by atoms with E-state index in [2.05, 4.69) is 22.9 Å². The third kappa shape index (κ3) is 23.0. The Morgan fingerprint density at radius 2 is 1.03 bits per heavy atom. The Balaban J connectivity index is 3.49. The number of amides is 3. The molecule has 3 amide bonds. The van der Waals surface area contributed by atoms with Gasteiger partial charge in [-0.15, -0.1) is 0 Å². The lowest BCUT2D eigenvalue weighted by Crippen LogP contribution is -2.35. The van der Waals surface area contributed by atoms with Crippen molar-refractivity contribution in [3.8, 4) is 0 Å². The second-order valence-corrected chi connectivity index (χ2v) is 9.13. The fourth-order valence-corrected chi connectivity index (χ4v) is 3.34. The summed E-state index contributed by atoms with van der Waals surface area (Å²) in [6.45, 7) is 4.21. The lowest BCUT2D eigenvalue weighted by Gasteiger charge is -2.33. The SMILES string of the molecule is CCCCCCCCCC(=O)NCCNC(=O)CCC(=O)NCCCCCC[N+](C)(C)[O-]. The van der Waals surface area contributed by atoms with Gasteiger partial charge in [-0.05, 0) is 25.7 Å². The summed E-state index contributed by atoms with van der Waals surface area (Å²) in [6, 6.07) is 0. The van der Waals surface area contributed by atoms with Crippen LogP contribution in [0.25, 0.3) is 0 Å². The van der Waals surface area contributed by atoms with Crippen LogP contribution >= 0.6 is 0 Å². The van der Waals surface area contributed by atoms with Gasteiger partial charge < -0.3 is 25.8 Å². The first-order valence-corrected chi connectivity index (χ1v) is 12.6. The van der Waals surface area contributed by atoms with E-state index in [9.17, 15) is 19.6 Å². The molecule has 0 aromatic heterocycles. The molecule has 188 valence electrons. The molecule has 0 fully saturated rings. The molecule has 0 atom stereocenters. The number of nitrogens with zero attached hydrogens (tertiary/aromatic N) is 1. The second-order valence-electron chi connectivity index (χ2n) is 9.13. The van der Waals surface area contributed by atoms with Crippen molar-refractivity contribution in [3.63, 3.8) is 0 Å². The Morgan fingerprint density at radius 3 is 1.59 bits per heavy atom. The molecule has 0 spiro atoms. The van der Waals surface area contributed by atoms with E-state index in [0.717, 1.165) is 38.5 Å². The highest BCUT2D eigenvalue weighted by molar-refractivity contribution is 5.83. The zero-order chi connectivity index (χ0) is 24.1. The Labute approximate surface area is 195 Å². The van der Waals surface area contributed by atoms with E-state index in [1.165, 1.54) is 32.1 Å². The van der Waals surface area contributed by atoms with Gasteiger partial charge in [0.15, 0.2) is 0 Å². The number of hydrogen-bond donors (Lipinski definition) is 3. The zero-order valence-electron chi connectivity index (χ0n) is 20.8. The second kappa shape index (κ2) is 20.0. The number of carbonyl (C=O) groups is 3. The summed E-state index contributed by atoms with van der Waals surface area (Å²) in [7, 11) is 3.29. The highest BCUT2D eigenvalue weighted by Crippen LogP contribution is 2.08. The number of hydrogen-bond acceptors (Lipinski definition) is 4. The molecule has 0 bridgehead atoms. The molecule has 0 heterocycles. The molecule has 0 aromatic rings. The topological polar surface area (TPSA) is 110 Å². The van der Waals surface area contributed by atoms with Gasteiger partial charge in [-0.3, -0.25) is 14.4 Å². The maximum atomic E-state index is 11.8. The molecule has 0 aromatic carbocycles. The normalized spacial score (nSPS) is 11.2. The van der Waals surface area contributed by atoms with Gasteiger partial charge in [-0.25, -0.2) is 0 Å². The third-order valence-electron chi connectivity index (χ3n) is 5.30. The number of nitrogens with one attached hydrogen (secondary N) is 3. The largest absolute Gasteiger partial charge is 0.633 e. The molecule has 0 aliphatic rings. The minimum absolute atomic E-state index is 0.0305. The Kier molecular flexibility index (Phi) is 18.9. The quantitative estimate of drug-likeness (QED) is 0.140. The lowest BCUT2D eigenvalue weighted by molar-refractivity contribution is -0.840. The molecule has 0 radical (unpaired) electrons. The Hall–Kier alpha value is -1.67. The molecule has 0 saturated heterocycles. The van der Waals surface area contributed by atoms with E-state index in [-0.39, 0.29) is 35.2 Å². The minimum atomic E-state index is -0.259. The van der Waals surface area contributed by atoms with Crippen molar-refractivity contribution in [1.29, 1.82) is 0 Å². The van der Waals surface area contributed by atoms with Crippen LogP contribution in [-0.2, 0) is 14.4 Å². The summed E-state index contributed by atoms with van der Waals surface area (Å²) in [5.41, 5.74) is 0. The average Bonchev–Trinajstić information content (AvgIpc) is 2.73. The van der Waals surface area contributed by atoms with Crippen molar-refractivity contribution >= 4 is 17.7 Å². The molecule has 32 heavy (non-hydrogen) atoms. The standard InChI is InChI=1S/C24H48N4O4/c1-4-5-6-7-8-9-12-15-22(29)26-19-20-27-24(31)17-16-23(30)25-18-13-10-11-14-21-28(2,3)32/h4-21H2,1-3H3,(H,25,30)(H,26,29)(H,27,31). The van der Waals surface area contributed by atoms with Crippen LogP contribution in [0.5, 0.6) is 0 Å². The monoisotopic (exact) mass is 456 g/mol. The lowest BCUT2D eigenvalue weighted by atomic mass is 10.1. The van der Waals surface area contributed by atoms with Gasteiger partial charge in [0, 0.05) is 38.9 Å². The van der Waals surface area contributed by atoms with Crippen LogP contribution in [0.4, 0.5) is 0 Å². The van der Waals surface area contributed by atoms with Crippen molar-refractivity contribution in [2.45, 2.75) is 96.8 Å². The average molecular weight is 457 g/mol. The highest BCUT2D eigenvalue weighted by atomic mass is 16.5. The number of unbranched alkanes of at least 4 members (excludes halogenated alkanes) is 9. The summed E-state index contributed by atoms with van der Waals surface area (Å²) in [5, 5.41) is 19.8. The van der Waals surface area contributed by atoms with Crippen molar-refractivity contribution in [1.82, 2.24) is 16.0 Å². The summed E-state index contributed by atoms with van der Waals surface area (Å²) >= 11 is 0. The molecular formula is C24H48N4O4. The van der Waals surface area contributed by atoms with E-state index >= 15 is 0 Å². The first-order chi connectivity index (χ1) is 15.2. The smallest absolute Gasteiger partial charge is 0.220 e. The maximum absolute atomic E-state index is 11.8. The zero-order valence-corrected chi connectivity index (χ0v) is 20.8. The van der Waals surface area contributed by atoms with Crippen molar-refractivity contribution in [2.75, 3.05) is 40.3 Å². The fourth-order valence-electron chi connectivity index (χ4n) is 3.34. The molecular weight excluding hydrogens is 408 g/mol. The van der Waals surface area contributed by atoms with E-state index < -0.39 is 0 Å². The predicted molar refractivity (Wildman–Crippen MR) is 130 cm³/mol. The van der Waals surface area contributed by atoms with Gasteiger partial charge in [-0.1, -0.05) is 51.9 Å². The van der Waals surface area contributed by atoms with Gasteiger partial charge in [-0.2, -0.15) is 0 Å². The first kappa shape index (κ1) is 30.3. The molecule has 0 unspecified atom stereocenters. The third-order valence-corrected chi connectivity index (χ3v) is 5.30. The van der Waals surface area contributed by atoms with Gasteiger partial charge in [0.1, 0.15) is 0 Å². The maximum Gasteiger partial charge on any atom is 0.220 e. The molecule has 0 aliphatic carbocycles. The fraction of sp³-hybridized carbons (Fsp3) is 0.875. The van der Waals surface area contributed by atoms with E-state index in [1.807, 2.05) is 0 Å². The van der Waals surface area contributed by atoms with E-state index in [0.29, 0.717) is 32.6 Å². The van der Waals surface area contributed by atoms with Crippen LogP contribution in [0.3, 0.4) is 0 Å².